The fourth-order valence-electron chi connectivity index (χ4n) is 7.81. The first-order valence-corrected chi connectivity index (χ1v) is 18.8. The van der Waals surface area contributed by atoms with Crippen molar-refractivity contribution in [3.8, 4) is 0 Å². The maximum Gasteiger partial charge on any atom is 0.127 e. The van der Waals surface area contributed by atoms with Crippen molar-refractivity contribution in [1.82, 2.24) is 0 Å². The Hall–Kier alpha value is -5.19. The number of halogens is 3. The van der Waals surface area contributed by atoms with Crippen LogP contribution in [0.15, 0.2) is 181 Å². The highest BCUT2D eigenvalue weighted by Crippen LogP contribution is 2.62. The van der Waals surface area contributed by atoms with Gasteiger partial charge in [-0.25, -0.2) is 0 Å². The van der Waals surface area contributed by atoms with Crippen molar-refractivity contribution in [1.29, 1.82) is 0 Å². The Balaban J connectivity index is 1.77. The van der Waals surface area contributed by atoms with E-state index in [2.05, 4.69) is 72.8 Å². The molecule has 7 rings (SSSR count). The SMILES string of the molecule is COC(=C1C(c2ccc(Cl)cc2)C(=C(OC)c2ccccc2)C(c2ccc(Cl)cc2)C(=C(OC)c2ccccc2)C1c1ccc(Cl)cc1)c1ccccc1. The van der Waals surface area contributed by atoms with Gasteiger partial charge in [-0.05, 0) is 69.8 Å². The molecule has 0 aromatic heterocycles. The summed E-state index contributed by atoms with van der Waals surface area (Å²) in [5, 5.41) is 1.93. The van der Waals surface area contributed by atoms with Gasteiger partial charge in [0.15, 0.2) is 0 Å². The van der Waals surface area contributed by atoms with Crippen LogP contribution >= 0.6 is 34.8 Å². The van der Waals surface area contributed by atoms with E-state index in [0.29, 0.717) is 15.1 Å². The number of rotatable bonds is 9. The molecule has 6 aromatic carbocycles. The summed E-state index contributed by atoms with van der Waals surface area (Å²) in [6, 6.07) is 55.0. The minimum atomic E-state index is -0.383. The van der Waals surface area contributed by atoms with Gasteiger partial charge in [0, 0.05) is 49.5 Å². The molecule has 6 heteroatoms. The maximum absolute atomic E-state index is 6.60. The zero-order valence-corrected chi connectivity index (χ0v) is 32.4. The highest BCUT2D eigenvalue weighted by atomic mass is 35.5. The highest BCUT2D eigenvalue weighted by molar-refractivity contribution is 6.31. The van der Waals surface area contributed by atoms with Crippen LogP contribution < -0.4 is 0 Å². The zero-order valence-electron chi connectivity index (χ0n) is 30.2. The number of hydrogen-bond donors (Lipinski definition) is 0. The molecule has 0 bridgehead atoms. The topological polar surface area (TPSA) is 27.7 Å². The predicted molar refractivity (Wildman–Crippen MR) is 224 cm³/mol. The second kappa shape index (κ2) is 16.9. The smallest absolute Gasteiger partial charge is 0.127 e. The average Bonchev–Trinajstić information content (AvgIpc) is 3.21. The Morgan fingerprint density at radius 3 is 0.759 bits per heavy atom. The number of methoxy groups -OCH3 is 3. The van der Waals surface area contributed by atoms with E-state index >= 15 is 0 Å². The fraction of sp³-hybridized carbons (Fsp3) is 0.125. The van der Waals surface area contributed by atoms with Gasteiger partial charge in [-0.15, -0.1) is 0 Å². The summed E-state index contributed by atoms with van der Waals surface area (Å²) in [6.45, 7) is 0. The van der Waals surface area contributed by atoms with Crippen molar-refractivity contribution in [2.45, 2.75) is 17.8 Å². The van der Waals surface area contributed by atoms with E-state index in [0.717, 1.165) is 67.4 Å². The molecule has 1 fully saturated rings. The fourth-order valence-corrected chi connectivity index (χ4v) is 8.19. The molecule has 0 unspecified atom stereocenters. The van der Waals surface area contributed by atoms with E-state index in [4.69, 9.17) is 49.0 Å². The van der Waals surface area contributed by atoms with Crippen LogP contribution in [0.4, 0.5) is 0 Å². The summed E-state index contributed by atoms with van der Waals surface area (Å²) in [7, 11) is 5.23. The van der Waals surface area contributed by atoms with Crippen LogP contribution in [-0.4, -0.2) is 21.3 Å². The lowest BCUT2D eigenvalue weighted by atomic mass is 9.58. The Kier molecular flexibility index (Phi) is 11.6. The van der Waals surface area contributed by atoms with Gasteiger partial charge in [0.05, 0.1) is 21.3 Å². The molecular weight excluding hydrogens is 731 g/mol. The second-order valence-electron chi connectivity index (χ2n) is 13.0. The molecule has 0 N–H and O–H groups in total. The van der Waals surface area contributed by atoms with E-state index < -0.39 is 0 Å². The largest absolute Gasteiger partial charge is 0.496 e. The summed E-state index contributed by atoms with van der Waals surface area (Å²) in [4.78, 5) is 0. The van der Waals surface area contributed by atoms with Crippen molar-refractivity contribution in [2.75, 3.05) is 21.3 Å². The Bertz CT molecular complexity index is 2000. The van der Waals surface area contributed by atoms with Crippen LogP contribution in [0, 0.1) is 0 Å². The molecule has 0 saturated heterocycles. The lowest BCUT2D eigenvalue weighted by Gasteiger charge is -2.45. The summed E-state index contributed by atoms with van der Waals surface area (Å²) in [5.41, 5.74) is 8.93. The zero-order chi connectivity index (χ0) is 37.6. The number of ether oxygens (including phenoxy) is 3. The van der Waals surface area contributed by atoms with Crippen LogP contribution in [0.5, 0.6) is 0 Å². The van der Waals surface area contributed by atoms with E-state index in [1.807, 2.05) is 91.0 Å². The quantitative estimate of drug-likeness (QED) is 0.137. The molecular formula is C48H39Cl3O3. The van der Waals surface area contributed by atoms with Crippen LogP contribution in [0.3, 0.4) is 0 Å². The molecule has 0 radical (unpaired) electrons. The molecule has 3 nitrogen and oxygen atoms in total. The molecule has 6 aromatic rings. The van der Waals surface area contributed by atoms with Crippen LogP contribution in [-0.2, 0) is 14.2 Å². The van der Waals surface area contributed by atoms with Gasteiger partial charge < -0.3 is 14.2 Å². The molecule has 1 aliphatic rings. The molecule has 270 valence electrons. The minimum Gasteiger partial charge on any atom is -0.496 e. The number of benzene rings is 6. The third-order valence-corrected chi connectivity index (χ3v) is 10.7. The third kappa shape index (κ3) is 7.45. The molecule has 1 aliphatic carbocycles. The molecule has 0 aliphatic heterocycles. The lowest BCUT2D eigenvalue weighted by Crippen LogP contribution is -2.31. The average molecular weight is 770 g/mol. The van der Waals surface area contributed by atoms with E-state index in [1.54, 1.807) is 21.3 Å². The standard InChI is InChI=1S/C48H39Cl3O3/c1-52-46(34-13-7-4-8-14-34)43-40(31-19-25-37(49)26-20-31)44(47(53-2)35-15-9-5-10-16-35)42(33-23-29-39(51)30-24-33)45(41(43)32-21-27-38(50)28-22-32)48(54-3)36-17-11-6-12-18-36/h4-30,40-42H,1-3H3. The second-order valence-corrected chi connectivity index (χ2v) is 14.3. The summed E-state index contributed by atoms with van der Waals surface area (Å²) in [5.74, 6) is 1.08. The molecule has 54 heavy (non-hydrogen) atoms. The van der Waals surface area contributed by atoms with Gasteiger partial charge in [-0.3, -0.25) is 0 Å². The molecule has 1 saturated carbocycles. The van der Waals surface area contributed by atoms with Crippen LogP contribution in [0.2, 0.25) is 15.1 Å². The molecule has 0 atom stereocenters. The van der Waals surface area contributed by atoms with Gasteiger partial charge in [0.25, 0.3) is 0 Å². The first-order valence-electron chi connectivity index (χ1n) is 17.7. The highest BCUT2D eigenvalue weighted by Gasteiger charge is 2.48. The van der Waals surface area contributed by atoms with Gasteiger partial charge >= 0.3 is 0 Å². The van der Waals surface area contributed by atoms with Crippen molar-refractivity contribution in [2.24, 2.45) is 0 Å². The third-order valence-electron chi connectivity index (χ3n) is 9.98. The van der Waals surface area contributed by atoms with Crippen molar-refractivity contribution in [3.63, 3.8) is 0 Å². The van der Waals surface area contributed by atoms with E-state index in [1.165, 1.54) is 0 Å². The predicted octanol–water partition coefficient (Wildman–Crippen LogP) is 13.5. The van der Waals surface area contributed by atoms with Crippen molar-refractivity contribution in [3.05, 3.63) is 229 Å². The lowest BCUT2D eigenvalue weighted by molar-refractivity contribution is 0.347. The van der Waals surface area contributed by atoms with Crippen molar-refractivity contribution >= 4 is 52.1 Å². The summed E-state index contributed by atoms with van der Waals surface area (Å²) in [6.07, 6.45) is 0. The Morgan fingerprint density at radius 2 is 0.556 bits per heavy atom. The van der Waals surface area contributed by atoms with E-state index in [-0.39, 0.29) is 17.8 Å². The monoisotopic (exact) mass is 768 g/mol. The Labute approximate surface area is 332 Å². The number of allylic oxidation sites excluding steroid dienone is 3. The molecule has 0 amide bonds. The minimum absolute atomic E-state index is 0.383. The summed E-state index contributed by atoms with van der Waals surface area (Å²) >= 11 is 19.8. The Morgan fingerprint density at radius 1 is 0.333 bits per heavy atom. The van der Waals surface area contributed by atoms with Crippen LogP contribution in [0.1, 0.15) is 51.1 Å². The van der Waals surface area contributed by atoms with Gasteiger partial charge in [-0.2, -0.15) is 0 Å². The molecule has 0 spiro atoms. The number of hydrogen-bond acceptors (Lipinski definition) is 3. The van der Waals surface area contributed by atoms with Crippen molar-refractivity contribution < 1.29 is 14.2 Å². The van der Waals surface area contributed by atoms with Crippen LogP contribution in [0.25, 0.3) is 17.3 Å². The first-order chi connectivity index (χ1) is 26.4. The maximum atomic E-state index is 6.60. The normalized spacial score (nSPS) is 16.8. The first kappa shape index (κ1) is 37.1. The van der Waals surface area contributed by atoms with Gasteiger partial charge in [-0.1, -0.05) is 162 Å². The molecule has 0 heterocycles. The van der Waals surface area contributed by atoms with E-state index in [9.17, 15) is 0 Å². The van der Waals surface area contributed by atoms with Gasteiger partial charge in [0.1, 0.15) is 17.3 Å². The van der Waals surface area contributed by atoms with Gasteiger partial charge in [0.2, 0.25) is 0 Å². The summed E-state index contributed by atoms with van der Waals surface area (Å²) < 4.78 is 19.8.